The predicted molar refractivity (Wildman–Crippen MR) is 72.8 cm³/mol. The normalized spacial score (nSPS) is 17.2. The van der Waals surface area contributed by atoms with Gasteiger partial charge in [-0.2, -0.15) is 0 Å². The predicted octanol–water partition coefficient (Wildman–Crippen LogP) is 3.53. The number of rotatable bonds is 2. The van der Waals surface area contributed by atoms with Crippen LogP contribution in [0.25, 0.3) is 0 Å². The third-order valence-corrected chi connectivity index (χ3v) is 4.02. The molecular formula is C14H19ClN2O. The second-order valence-electron chi connectivity index (χ2n) is 4.92. The molecule has 0 radical (unpaired) electrons. The Morgan fingerprint density at radius 3 is 2.61 bits per heavy atom. The van der Waals surface area contributed by atoms with Crippen LogP contribution in [0.4, 0.5) is 0 Å². The SMILES string of the molecule is CN(C(=O)c1cnccc1Cl)C1CCCCCC1. The minimum absolute atomic E-state index is 0.0139. The molecule has 4 heteroatoms. The van der Waals surface area contributed by atoms with Crippen molar-refractivity contribution in [3.8, 4) is 0 Å². The first-order chi connectivity index (χ1) is 8.70. The maximum Gasteiger partial charge on any atom is 0.256 e. The van der Waals surface area contributed by atoms with Crippen molar-refractivity contribution in [2.75, 3.05) is 7.05 Å². The van der Waals surface area contributed by atoms with Crippen molar-refractivity contribution >= 4 is 17.5 Å². The Hall–Kier alpha value is -1.09. The number of halogens is 1. The van der Waals surface area contributed by atoms with Gasteiger partial charge in [0.15, 0.2) is 0 Å². The first-order valence-electron chi connectivity index (χ1n) is 6.57. The molecule has 1 fully saturated rings. The molecule has 1 saturated carbocycles. The van der Waals surface area contributed by atoms with Gasteiger partial charge in [0.1, 0.15) is 0 Å². The highest BCUT2D eigenvalue weighted by molar-refractivity contribution is 6.33. The fourth-order valence-electron chi connectivity index (χ4n) is 2.54. The number of hydrogen-bond acceptors (Lipinski definition) is 2. The minimum Gasteiger partial charge on any atom is -0.339 e. The van der Waals surface area contributed by atoms with Gasteiger partial charge in [-0.3, -0.25) is 9.78 Å². The lowest BCUT2D eigenvalue weighted by molar-refractivity contribution is 0.0717. The largest absolute Gasteiger partial charge is 0.339 e. The molecule has 0 bridgehead atoms. The molecule has 1 aliphatic rings. The van der Waals surface area contributed by atoms with Gasteiger partial charge < -0.3 is 4.90 Å². The third kappa shape index (κ3) is 3.02. The third-order valence-electron chi connectivity index (χ3n) is 3.69. The van der Waals surface area contributed by atoms with E-state index in [-0.39, 0.29) is 5.91 Å². The molecule has 1 aliphatic carbocycles. The van der Waals surface area contributed by atoms with E-state index in [9.17, 15) is 4.79 Å². The molecule has 1 aromatic rings. The standard InChI is InChI=1S/C14H19ClN2O/c1-17(11-6-4-2-3-5-7-11)14(18)12-10-16-9-8-13(12)15/h8-11H,2-7H2,1H3. The molecule has 0 atom stereocenters. The van der Waals surface area contributed by atoms with Gasteiger partial charge in [0.2, 0.25) is 0 Å². The molecule has 2 rings (SSSR count). The molecule has 1 heterocycles. The monoisotopic (exact) mass is 266 g/mol. The van der Waals surface area contributed by atoms with E-state index in [4.69, 9.17) is 11.6 Å². The number of aromatic nitrogens is 1. The van der Waals surface area contributed by atoms with Crippen molar-refractivity contribution in [1.29, 1.82) is 0 Å². The maximum absolute atomic E-state index is 12.4. The Kier molecular flexibility index (Phi) is 4.59. The lowest BCUT2D eigenvalue weighted by Crippen LogP contribution is -2.36. The highest BCUT2D eigenvalue weighted by atomic mass is 35.5. The Morgan fingerprint density at radius 2 is 2.00 bits per heavy atom. The van der Waals surface area contributed by atoms with Crippen LogP contribution in [-0.2, 0) is 0 Å². The van der Waals surface area contributed by atoms with Gasteiger partial charge in [-0.05, 0) is 18.9 Å². The quantitative estimate of drug-likeness (QED) is 0.768. The summed E-state index contributed by atoms with van der Waals surface area (Å²) in [5.74, 6) is -0.0139. The number of pyridine rings is 1. The van der Waals surface area contributed by atoms with Crippen LogP contribution < -0.4 is 0 Å². The molecular weight excluding hydrogens is 248 g/mol. The van der Waals surface area contributed by atoms with E-state index in [0.29, 0.717) is 16.6 Å². The molecule has 3 nitrogen and oxygen atoms in total. The summed E-state index contributed by atoms with van der Waals surface area (Å²) in [6.07, 6.45) is 10.3. The fourth-order valence-corrected chi connectivity index (χ4v) is 2.72. The first-order valence-corrected chi connectivity index (χ1v) is 6.94. The molecule has 0 spiro atoms. The molecule has 0 aromatic carbocycles. The van der Waals surface area contributed by atoms with E-state index >= 15 is 0 Å². The summed E-state index contributed by atoms with van der Waals surface area (Å²) in [5, 5.41) is 0.482. The zero-order valence-electron chi connectivity index (χ0n) is 10.7. The Balaban J connectivity index is 2.10. The zero-order chi connectivity index (χ0) is 13.0. The molecule has 0 aliphatic heterocycles. The van der Waals surface area contributed by atoms with E-state index in [1.807, 2.05) is 11.9 Å². The smallest absolute Gasteiger partial charge is 0.256 e. The second kappa shape index (κ2) is 6.19. The van der Waals surface area contributed by atoms with Crippen molar-refractivity contribution in [3.05, 3.63) is 29.0 Å². The lowest BCUT2D eigenvalue weighted by Gasteiger charge is -2.27. The number of carbonyl (C=O) groups excluding carboxylic acids is 1. The molecule has 0 N–H and O–H groups in total. The highest BCUT2D eigenvalue weighted by Crippen LogP contribution is 2.23. The Bertz CT molecular complexity index is 414. The Labute approximate surface area is 113 Å². The van der Waals surface area contributed by atoms with Gasteiger partial charge >= 0.3 is 0 Å². The summed E-state index contributed by atoms with van der Waals surface area (Å²) in [5.41, 5.74) is 0.505. The number of amides is 1. The van der Waals surface area contributed by atoms with Gasteiger partial charge in [-0.25, -0.2) is 0 Å². The van der Waals surface area contributed by atoms with Gasteiger partial charge in [0.05, 0.1) is 10.6 Å². The lowest BCUT2D eigenvalue weighted by atomic mass is 10.1. The van der Waals surface area contributed by atoms with Gasteiger partial charge in [0, 0.05) is 25.5 Å². The molecule has 98 valence electrons. The van der Waals surface area contributed by atoms with Crippen molar-refractivity contribution in [3.63, 3.8) is 0 Å². The van der Waals surface area contributed by atoms with Crippen LogP contribution in [0, 0.1) is 0 Å². The first kappa shape index (κ1) is 13.3. The van der Waals surface area contributed by atoms with Crippen LogP contribution in [0.2, 0.25) is 5.02 Å². The van der Waals surface area contributed by atoms with Crippen molar-refractivity contribution in [2.24, 2.45) is 0 Å². The van der Waals surface area contributed by atoms with Crippen molar-refractivity contribution in [1.82, 2.24) is 9.88 Å². The molecule has 18 heavy (non-hydrogen) atoms. The zero-order valence-corrected chi connectivity index (χ0v) is 11.5. The van der Waals surface area contributed by atoms with Crippen LogP contribution in [0.1, 0.15) is 48.9 Å². The van der Waals surface area contributed by atoms with Crippen LogP contribution in [0.5, 0.6) is 0 Å². The average molecular weight is 267 g/mol. The van der Waals surface area contributed by atoms with Crippen LogP contribution in [0.15, 0.2) is 18.5 Å². The fraction of sp³-hybridized carbons (Fsp3) is 0.571. The van der Waals surface area contributed by atoms with Gasteiger partial charge in [0.25, 0.3) is 5.91 Å². The van der Waals surface area contributed by atoms with Crippen LogP contribution in [-0.4, -0.2) is 28.9 Å². The maximum atomic E-state index is 12.4. The second-order valence-corrected chi connectivity index (χ2v) is 5.32. The summed E-state index contributed by atoms with van der Waals surface area (Å²) < 4.78 is 0. The number of nitrogens with zero attached hydrogens (tertiary/aromatic N) is 2. The van der Waals surface area contributed by atoms with E-state index in [1.54, 1.807) is 18.5 Å². The summed E-state index contributed by atoms with van der Waals surface area (Å²) >= 11 is 6.05. The topological polar surface area (TPSA) is 33.2 Å². The van der Waals surface area contributed by atoms with E-state index in [1.165, 1.54) is 25.7 Å². The Morgan fingerprint density at radius 1 is 1.33 bits per heavy atom. The van der Waals surface area contributed by atoms with Crippen molar-refractivity contribution in [2.45, 2.75) is 44.6 Å². The van der Waals surface area contributed by atoms with E-state index < -0.39 is 0 Å². The molecule has 1 aromatic heterocycles. The summed E-state index contributed by atoms with van der Waals surface area (Å²) in [7, 11) is 1.88. The van der Waals surface area contributed by atoms with Crippen molar-refractivity contribution < 1.29 is 4.79 Å². The molecule has 1 amide bonds. The molecule has 0 unspecified atom stereocenters. The highest BCUT2D eigenvalue weighted by Gasteiger charge is 2.23. The van der Waals surface area contributed by atoms with Crippen LogP contribution in [0.3, 0.4) is 0 Å². The summed E-state index contributed by atoms with van der Waals surface area (Å²) in [6.45, 7) is 0. The number of carbonyl (C=O) groups is 1. The van der Waals surface area contributed by atoms with E-state index in [2.05, 4.69) is 4.98 Å². The molecule has 0 saturated heterocycles. The number of hydrogen-bond donors (Lipinski definition) is 0. The summed E-state index contributed by atoms with van der Waals surface area (Å²) in [4.78, 5) is 18.2. The average Bonchev–Trinajstić information content (AvgIpc) is 2.66. The van der Waals surface area contributed by atoms with E-state index in [0.717, 1.165) is 12.8 Å². The van der Waals surface area contributed by atoms with Crippen LogP contribution >= 0.6 is 11.6 Å². The minimum atomic E-state index is -0.0139. The van der Waals surface area contributed by atoms with Gasteiger partial charge in [-0.1, -0.05) is 37.3 Å². The van der Waals surface area contributed by atoms with Gasteiger partial charge in [-0.15, -0.1) is 0 Å². The summed E-state index contributed by atoms with van der Waals surface area (Å²) in [6, 6.07) is 2.01.